The van der Waals surface area contributed by atoms with Crippen molar-refractivity contribution in [3.05, 3.63) is 35.4 Å². The Morgan fingerprint density at radius 1 is 1.41 bits per heavy atom. The van der Waals surface area contributed by atoms with Gasteiger partial charge in [-0.25, -0.2) is 0 Å². The molecule has 27 heavy (non-hydrogen) atoms. The molecule has 2 unspecified atom stereocenters. The molecule has 6 nitrogen and oxygen atoms in total. The maximum absolute atomic E-state index is 13.0. The van der Waals surface area contributed by atoms with E-state index in [2.05, 4.69) is 5.32 Å². The number of methoxy groups -OCH3 is 1. The van der Waals surface area contributed by atoms with Crippen LogP contribution in [0.15, 0.2) is 24.3 Å². The number of nitrogens with zero attached hydrogens (tertiary/aromatic N) is 1. The van der Waals surface area contributed by atoms with Crippen LogP contribution in [-0.2, 0) is 20.5 Å². The van der Waals surface area contributed by atoms with E-state index in [-0.39, 0.29) is 37.0 Å². The number of hydrogen-bond acceptors (Lipinski definition) is 4. The number of carbonyl (C=O) groups is 2. The first-order chi connectivity index (χ1) is 12.2. The van der Waals surface area contributed by atoms with Gasteiger partial charge in [0.1, 0.15) is 6.04 Å². The lowest BCUT2D eigenvalue weighted by molar-refractivity contribution is -0.137. The molecule has 0 aromatic heterocycles. The molecular formula is C17H23ClF3N3O3. The van der Waals surface area contributed by atoms with Crippen LogP contribution < -0.4 is 11.1 Å². The number of nitrogens with one attached hydrogen (secondary N) is 1. The van der Waals surface area contributed by atoms with Crippen molar-refractivity contribution in [2.24, 2.45) is 5.73 Å². The van der Waals surface area contributed by atoms with Crippen LogP contribution in [0.1, 0.15) is 30.0 Å². The Labute approximate surface area is 161 Å². The molecule has 0 radical (unpaired) electrons. The number of hydrogen-bond donors (Lipinski definition) is 2. The van der Waals surface area contributed by atoms with E-state index in [1.165, 1.54) is 24.1 Å². The van der Waals surface area contributed by atoms with Gasteiger partial charge < -0.3 is 20.7 Å². The summed E-state index contributed by atoms with van der Waals surface area (Å²) in [5.41, 5.74) is 5.14. The minimum Gasteiger partial charge on any atom is -0.383 e. The third-order valence-corrected chi connectivity index (χ3v) is 4.19. The maximum atomic E-state index is 13.0. The lowest BCUT2D eigenvalue weighted by atomic mass is 10.0. The Bertz CT molecular complexity index is 658. The normalized spacial score (nSPS) is 16.6. The molecule has 1 aromatic carbocycles. The molecule has 1 saturated heterocycles. The summed E-state index contributed by atoms with van der Waals surface area (Å²) in [7, 11) is 1.39. The number of alkyl halides is 3. The highest BCUT2D eigenvalue weighted by molar-refractivity contribution is 5.85. The third kappa shape index (κ3) is 6.37. The average Bonchev–Trinajstić information content (AvgIpc) is 2.98. The molecule has 1 aromatic rings. The lowest BCUT2D eigenvalue weighted by Gasteiger charge is -2.26. The molecule has 10 heteroatoms. The molecule has 0 bridgehead atoms. The van der Waals surface area contributed by atoms with Crippen molar-refractivity contribution in [1.29, 1.82) is 0 Å². The fourth-order valence-corrected chi connectivity index (χ4v) is 2.82. The quantitative estimate of drug-likeness (QED) is 0.720. The fourth-order valence-electron chi connectivity index (χ4n) is 2.82. The Morgan fingerprint density at radius 3 is 2.67 bits per heavy atom. The number of nitrogens with two attached hydrogens (primary N) is 1. The van der Waals surface area contributed by atoms with Crippen molar-refractivity contribution in [3.63, 3.8) is 0 Å². The molecule has 1 heterocycles. The molecule has 2 amide bonds. The van der Waals surface area contributed by atoms with Gasteiger partial charge in [0.15, 0.2) is 0 Å². The molecule has 0 aliphatic carbocycles. The molecule has 0 saturated carbocycles. The molecule has 3 N–H and O–H groups in total. The first-order valence-corrected chi connectivity index (χ1v) is 8.22. The highest BCUT2D eigenvalue weighted by atomic mass is 35.5. The van der Waals surface area contributed by atoms with Gasteiger partial charge in [0.05, 0.1) is 18.2 Å². The van der Waals surface area contributed by atoms with Crippen LogP contribution in [0.4, 0.5) is 13.2 Å². The van der Waals surface area contributed by atoms with E-state index in [0.717, 1.165) is 12.1 Å². The number of rotatable bonds is 7. The zero-order valence-corrected chi connectivity index (χ0v) is 15.6. The number of likely N-dealkylation sites (tertiary alicyclic amines) is 1. The molecule has 1 fully saturated rings. The van der Waals surface area contributed by atoms with Gasteiger partial charge in [0.25, 0.3) is 0 Å². The van der Waals surface area contributed by atoms with E-state index in [0.29, 0.717) is 19.4 Å². The van der Waals surface area contributed by atoms with Crippen LogP contribution in [0, 0.1) is 0 Å². The van der Waals surface area contributed by atoms with Gasteiger partial charge in [-0.15, -0.1) is 12.4 Å². The van der Waals surface area contributed by atoms with Gasteiger partial charge in [0.2, 0.25) is 11.8 Å². The Balaban J connectivity index is 0.00000364. The molecule has 1 aliphatic rings. The van der Waals surface area contributed by atoms with E-state index in [4.69, 9.17) is 10.5 Å². The predicted octanol–water partition coefficient (Wildman–Crippen LogP) is 1.88. The summed E-state index contributed by atoms with van der Waals surface area (Å²) in [5.74, 6) is -0.640. The van der Waals surface area contributed by atoms with Crippen LogP contribution >= 0.6 is 12.4 Å². The van der Waals surface area contributed by atoms with Crippen molar-refractivity contribution in [1.82, 2.24) is 10.2 Å². The van der Waals surface area contributed by atoms with Crippen molar-refractivity contribution < 1.29 is 27.5 Å². The van der Waals surface area contributed by atoms with Crippen LogP contribution in [0.5, 0.6) is 0 Å². The van der Waals surface area contributed by atoms with Crippen molar-refractivity contribution in [2.75, 3.05) is 26.8 Å². The summed E-state index contributed by atoms with van der Waals surface area (Å²) in [6.07, 6.45) is -3.42. The largest absolute Gasteiger partial charge is 0.416 e. The van der Waals surface area contributed by atoms with E-state index < -0.39 is 29.7 Å². The monoisotopic (exact) mass is 409 g/mol. The average molecular weight is 410 g/mol. The van der Waals surface area contributed by atoms with Crippen molar-refractivity contribution in [3.8, 4) is 0 Å². The molecule has 2 rings (SSSR count). The summed E-state index contributed by atoms with van der Waals surface area (Å²) < 4.78 is 43.8. The van der Waals surface area contributed by atoms with E-state index >= 15 is 0 Å². The van der Waals surface area contributed by atoms with Gasteiger partial charge in [-0.3, -0.25) is 9.59 Å². The number of benzene rings is 1. The number of ether oxygens (including phenoxy) is 1. The van der Waals surface area contributed by atoms with Crippen molar-refractivity contribution in [2.45, 2.75) is 31.1 Å². The van der Waals surface area contributed by atoms with Crippen LogP contribution in [0.3, 0.4) is 0 Å². The standard InChI is InChI=1S/C17H22F3N3O3.ClH/c1-26-10-13(21)16(25)22-14(9-23-7-3-6-15(23)24)11-4-2-5-12(8-11)17(18,19)20;/h2,4-5,8,13-14H,3,6-7,9-10,21H2,1H3,(H,22,25);1H. The number of carbonyl (C=O) groups excluding carboxylic acids is 2. The molecule has 152 valence electrons. The number of halogens is 4. The second-order valence-electron chi connectivity index (χ2n) is 6.19. The highest BCUT2D eigenvalue weighted by Crippen LogP contribution is 2.31. The van der Waals surface area contributed by atoms with E-state index in [1.807, 2.05) is 0 Å². The summed E-state index contributed by atoms with van der Waals surface area (Å²) in [6, 6.07) is 2.95. The van der Waals surface area contributed by atoms with E-state index in [1.54, 1.807) is 0 Å². The van der Waals surface area contributed by atoms with Crippen LogP contribution in [0.25, 0.3) is 0 Å². The molecule has 1 aliphatic heterocycles. The smallest absolute Gasteiger partial charge is 0.383 e. The maximum Gasteiger partial charge on any atom is 0.416 e. The zero-order chi connectivity index (χ0) is 19.3. The van der Waals surface area contributed by atoms with Crippen molar-refractivity contribution >= 4 is 24.2 Å². The first-order valence-electron chi connectivity index (χ1n) is 8.22. The molecular weight excluding hydrogens is 387 g/mol. The summed E-state index contributed by atoms with van der Waals surface area (Å²) in [5, 5.41) is 2.64. The molecule has 2 atom stereocenters. The SMILES string of the molecule is COCC(N)C(=O)NC(CN1CCCC1=O)c1cccc(C(F)(F)F)c1.Cl. The topological polar surface area (TPSA) is 84.7 Å². The van der Waals surface area contributed by atoms with E-state index in [9.17, 15) is 22.8 Å². The second-order valence-corrected chi connectivity index (χ2v) is 6.19. The van der Waals surface area contributed by atoms with Gasteiger partial charge >= 0.3 is 6.18 Å². The van der Waals surface area contributed by atoms with Crippen LogP contribution in [-0.4, -0.2) is 49.6 Å². The predicted molar refractivity (Wildman–Crippen MR) is 95.2 cm³/mol. The van der Waals surface area contributed by atoms with Gasteiger partial charge in [-0.1, -0.05) is 12.1 Å². The Kier molecular flexibility index (Phi) is 8.52. The Hall–Kier alpha value is -1.84. The summed E-state index contributed by atoms with van der Waals surface area (Å²) in [6.45, 7) is 0.573. The minimum atomic E-state index is -4.50. The fraction of sp³-hybridized carbons (Fsp3) is 0.529. The first kappa shape index (κ1) is 23.2. The lowest BCUT2D eigenvalue weighted by Crippen LogP contribution is -2.47. The zero-order valence-electron chi connectivity index (χ0n) is 14.8. The molecule has 0 spiro atoms. The highest BCUT2D eigenvalue weighted by Gasteiger charge is 2.32. The van der Waals surface area contributed by atoms with Gasteiger partial charge in [0, 0.05) is 26.6 Å². The Morgan fingerprint density at radius 2 is 2.11 bits per heavy atom. The summed E-state index contributed by atoms with van der Waals surface area (Å²) >= 11 is 0. The second kappa shape index (κ2) is 9.91. The minimum absolute atomic E-state index is 0. The van der Waals surface area contributed by atoms with Crippen LogP contribution in [0.2, 0.25) is 0 Å². The number of amides is 2. The van der Waals surface area contributed by atoms with Gasteiger partial charge in [-0.05, 0) is 24.1 Å². The summed E-state index contributed by atoms with van der Waals surface area (Å²) in [4.78, 5) is 25.6. The van der Waals surface area contributed by atoms with Gasteiger partial charge in [-0.2, -0.15) is 13.2 Å². The third-order valence-electron chi connectivity index (χ3n) is 4.19.